The number of carbonyl (C=O) groups is 1. The molecule has 1 radical (unpaired) electrons. The van der Waals surface area contributed by atoms with E-state index in [9.17, 15) is 4.79 Å². The molecule has 0 bridgehead atoms. The summed E-state index contributed by atoms with van der Waals surface area (Å²) in [6.07, 6.45) is 0.493. The van der Waals surface area contributed by atoms with Crippen LogP contribution in [0.1, 0.15) is 23.6 Å². The van der Waals surface area contributed by atoms with E-state index < -0.39 is 6.09 Å². The Balaban J connectivity index is 1.84. The van der Waals surface area contributed by atoms with Gasteiger partial charge in [-0.2, -0.15) is 0 Å². The minimum Gasteiger partial charge on any atom is -0.445 e. The molecular weight excluding hydrogens is 250 g/mol. The monoisotopic (exact) mass is 266 g/mol. The fraction of sp³-hybridized carbons (Fsp3) is 0.176. The third-order valence-electron chi connectivity index (χ3n) is 3.57. The lowest BCUT2D eigenvalue weighted by molar-refractivity contribution is 0.142. The quantitative estimate of drug-likeness (QED) is 0.785. The van der Waals surface area contributed by atoms with E-state index in [4.69, 9.17) is 4.74 Å². The summed E-state index contributed by atoms with van der Waals surface area (Å²) >= 11 is 0. The van der Waals surface area contributed by atoms with Crippen LogP contribution in [0.3, 0.4) is 0 Å². The number of amides is 1. The van der Waals surface area contributed by atoms with Gasteiger partial charge < -0.3 is 10.1 Å². The van der Waals surface area contributed by atoms with Gasteiger partial charge in [-0.25, -0.2) is 4.79 Å². The van der Waals surface area contributed by atoms with E-state index in [1.807, 2.05) is 12.1 Å². The van der Waals surface area contributed by atoms with Crippen molar-refractivity contribution < 1.29 is 9.53 Å². The summed E-state index contributed by atoms with van der Waals surface area (Å²) in [5.74, 6) is 0. The molecule has 1 N–H and O–H groups in total. The van der Waals surface area contributed by atoms with Gasteiger partial charge >= 0.3 is 6.09 Å². The van der Waals surface area contributed by atoms with Gasteiger partial charge in [0.05, 0.1) is 0 Å². The smallest absolute Gasteiger partial charge is 0.407 e. The summed E-state index contributed by atoms with van der Waals surface area (Å²) in [4.78, 5) is 11.4. The van der Waals surface area contributed by atoms with Crippen molar-refractivity contribution in [3.63, 3.8) is 0 Å². The minimum absolute atomic E-state index is 0.302. The zero-order valence-electron chi connectivity index (χ0n) is 11.3. The van der Waals surface area contributed by atoms with Gasteiger partial charge in [0, 0.05) is 6.54 Å². The van der Waals surface area contributed by atoms with Gasteiger partial charge in [-0.15, -0.1) is 0 Å². The summed E-state index contributed by atoms with van der Waals surface area (Å²) in [5, 5.41) is 2.51. The highest BCUT2D eigenvalue weighted by atomic mass is 16.5. The molecule has 0 heterocycles. The molecule has 0 unspecified atom stereocenters. The molecule has 0 spiro atoms. The molecule has 3 nitrogen and oxygen atoms in total. The molecule has 1 aliphatic carbocycles. The maximum atomic E-state index is 11.4. The second kappa shape index (κ2) is 5.37. The zero-order valence-corrected chi connectivity index (χ0v) is 11.3. The standard InChI is InChI=1S/C17H16NO2/c1-2-18-17(19)20-11-13-7-5-9-15-14-8-4-3-6-12(14)10-16(13)15/h2-9H,10-11H2,1H3,(H,18,19). The van der Waals surface area contributed by atoms with Crippen LogP contribution >= 0.6 is 0 Å². The summed E-state index contributed by atoms with van der Waals surface area (Å²) in [7, 11) is 0. The van der Waals surface area contributed by atoms with Gasteiger partial charge in [0.25, 0.3) is 0 Å². The Labute approximate surface area is 118 Å². The second-order valence-corrected chi connectivity index (χ2v) is 4.79. The number of carbonyl (C=O) groups excluding carboxylic acids is 1. The maximum absolute atomic E-state index is 11.4. The maximum Gasteiger partial charge on any atom is 0.407 e. The SMILES string of the molecule is C[CH]NC(=O)OCc1cccc2c1Cc1ccccc1-2. The van der Waals surface area contributed by atoms with E-state index in [-0.39, 0.29) is 0 Å². The molecule has 2 aromatic rings. The fourth-order valence-electron chi connectivity index (χ4n) is 2.66. The number of nitrogens with one attached hydrogen (secondary N) is 1. The topological polar surface area (TPSA) is 38.3 Å². The molecule has 0 saturated heterocycles. The molecule has 0 atom stereocenters. The van der Waals surface area contributed by atoms with Gasteiger partial charge in [0.15, 0.2) is 0 Å². The van der Waals surface area contributed by atoms with Crippen molar-refractivity contribution in [3.05, 3.63) is 65.7 Å². The first-order chi connectivity index (χ1) is 9.79. The van der Waals surface area contributed by atoms with E-state index in [1.54, 1.807) is 13.5 Å². The molecule has 3 heteroatoms. The Morgan fingerprint density at radius 1 is 1.20 bits per heavy atom. The fourth-order valence-corrected chi connectivity index (χ4v) is 2.66. The number of benzene rings is 2. The van der Waals surface area contributed by atoms with Crippen molar-refractivity contribution in [2.24, 2.45) is 0 Å². The van der Waals surface area contributed by atoms with Crippen molar-refractivity contribution >= 4 is 6.09 Å². The van der Waals surface area contributed by atoms with E-state index in [0.29, 0.717) is 6.61 Å². The Kier molecular flexibility index (Phi) is 3.42. The number of hydrogen-bond donors (Lipinski definition) is 1. The molecule has 1 aliphatic rings. The van der Waals surface area contributed by atoms with Crippen LogP contribution in [0.2, 0.25) is 0 Å². The van der Waals surface area contributed by atoms with Crippen molar-refractivity contribution in [2.75, 3.05) is 0 Å². The van der Waals surface area contributed by atoms with Crippen LogP contribution in [-0.2, 0) is 17.8 Å². The Bertz CT molecular complexity index is 649. The number of fused-ring (bicyclic) bond motifs is 3. The molecule has 0 fully saturated rings. The van der Waals surface area contributed by atoms with Gasteiger partial charge in [-0.1, -0.05) is 42.5 Å². The number of ether oxygens (including phenoxy) is 1. The zero-order chi connectivity index (χ0) is 13.9. The molecule has 0 aliphatic heterocycles. The van der Waals surface area contributed by atoms with E-state index in [0.717, 1.165) is 12.0 Å². The highest BCUT2D eigenvalue weighted by Gasteiger charge is 2.20. The third kappa shape index (κ3) is 2.27. The summed E-state index contributed by atoms with van der Waals surface area (Å²) in [6, 6.07) is 14.6. The average Bonchev–Trinajstić information content (AvgIpc) is 2.84. The van der Waals surface area contributed by atoms with E-state index in [2.05, 4.69) is 35.6 Å². The third-order valence-corrected chi connectivity index (χ3v) is 3.57. The van der Waals surface area contributed by atoms with Gasteiger partial charge in [0.1, 0.15) is 6.61 Å². The number of hydrogen-bond acceptors (Lipinski definition) is 2. The first kappa shape index (κ1) is 12.7. The Morgan fingerprint density at radius 2 is 2.00 bits per heavy atom. The minimum atomic E-state index is -0.416. The predicted octanol–water partition coefficient (Wildman–Crippen LogP) is 3.67. The Morgan fingerprint density at radius 3 is 2.85 bits per heavy atom. The van der Waals surface area contributed by atoms with Crippen LogP contribution in [0.15, 0.2) is 42.5 Å². The highest BCUT2D eigenvalue weighted by molar-refractivity contribution is 5.78. The molecule has 0 aromatic heterocycles. The summed E-state index contributed by atoms with van der Waals surface area (Å²) in [5.41, 5.74) is 6.22. The predicted molar refractivity (Wildman–Crippen MR) is 78.0 cm³/mol. The van der Waals surface area contributed by atoms with Crippen molar-refractivity contribution in [1.82, 2.24) is 5.32 Å². The average molecular weight is 266 g/mol. The molecule has 3 rings (SSSR count). The Hall–Kier alpha value is -2.29. The lowest BCUT2D eigenvalue weighted by Gasteiger charge is -2.09. The molecule has 0 saturated carbocycles. The van der Waals surface area contributed by atoms with E-state index in [1.165, 1.54) is 22.3 Å². The molecular formula is C17H16NO2. The highest BCUT2D eigenvalue weighted by Crippen LogP contribution is 2.38. The second-order valence-electron chi connectivity index (χ2n) is 4.79. The van der Waals surface area contributed by atoms with Crippen LogP contribution in [0.25, 0.3) is 11.1 Å². The van der Waals surface area contributed by atoms with Crippen molar-refractivity contribution in [3.8, 4) is 11.1 Å². The number of alkyl carbamates (subject to hydrolysis) is 1. The lowest BCUT2D eigenvalue weighted by atomic mass is 10.0. The normalized spacial score (nSPS) is 11.7. The van der Waals surface area contributed by atoms with Crippen LogP contribution < -0.4 is 5.32 Å². The van der Waals surface area contributed by atoms with E-state index >= 15 is 0 Å². The van der Waals surface area contributed by atoms with Gasteiger partial charge in [-0.3, -0.25) is 0 Å². The van der Waals surface area contributed by atoms with Gasteiger partial charge in [0.2, 0.25) is 0 Å². The van der Waals surface area contributed by atoms with Gasteiger partial charge in [-0.05, 0) is 41.2 Å². The largest absolute Gasteiger partial charge is 0.445 e. The summed E-state index contributed by atoms with van der Waals surface area (Å²) in [6.45, 7) is 3.61. The molecule has 1 amide bonds. The van der Waals surface area contributed by atoms with Crippen molar-refractivity contribution in [1.29, 1.82) is 0 Å². The summed E-state index contributed by atoms with van der Waals surface area (Å²) < 4.78 is 5.21. The number of rotatable bonds is 3. The van der Waals surface area contributed by atoms with Crippen LogP contribution in [-0.4, -0.2) is 6.09 Å². The van der Waals surface area contributed by atoms with Crippen LogP contribution in [0.4, 0.5) is 4.79 Å². The van der Waals surface area contributed by atoms with Crippen LogP contribution in [0, 0.1) is 6.54 Å². The van der Waals surface area contributed by atoms with Crippen LogP contribution in [0.5, 0.6) is 0 Å². The van der Waals surface area contributed by atoms with Crippen molar-refractivity contribution in [2.45, 2.75) is 20.0 Å². The first-order valence-corrected chi connectivity index (χ1v) is 6.69. The molecule has 2 aromatic carbocycles. The first-order valence-electron chi connectivity index (χ1n) is 6.69. The lowest BCUT2D eigenvalue weighted by Crippen LogP contribution is -2.20. The molecule has 101 valence electrons. The molecule has 20 heavy (non-hydrogen) atoms.